The number of hydrogen-bond donors (Lipinski definition) is 3. The first-order valence-electron chi connectivity index (χ1n) is 8.30. The Morgan fingerprint density at radius 2 is 2.08 bits per heavy atom. The van der Waals surface area contributed by atoms with Gasteiger partial charge < -0.3 is 20.4 Å². The maximum Gasteiger partial charge on any atom is 0.291 e. The van der Waals surface area contributed by atoms with Crippen LogP contribution in [0.1, 0.15) is 25.8 Å². The zero-order valence-electron chi connectivity index (χ0n) is 14.5. The van der Waals surface area contributed by atoms with Crippen molar-refractivity contribution in [2.75, 3.05) is 44.6 Å². The minimum absolute atomic E-state index is 0. The average molecular weight is 399 g/mol. The SMILES string of the molecule is Cc1cc(NC(=O)c2ccco2)sc1C(=O)NCCN1CCNCC1.Cl. The quantitative estimate of drug-likeness (QED) is 0.692. The van der Waals surface area contributed by atoms with Crippen molar-refractivity contribution in [3.05, 3.63) is 40.7 Å². The fourth-order valence-corrected chi connectivity index (χ4v) is 3.68. The number of furan rings is 1. The summed E-state index contributed by atoms with van der Waals surface area (Å²) >= 11 is 1.27. The molecule has 0 unspecified atom stereocenters. The third kappa shape index (κ3) is 5.31. The summed E-state index contributed by atoms with van der Waals surface area (Å²) in [5.74, 6) is -0.180. The largest absolute Gasteiger partial charge is 0.459 e. The molecule has 0 spiro atoms. The number of carbonyl (C=O) groups excluding carboxylic acids is 2. The van der Waals surface area contributed by atoms with Gasteiger partial charge in [0.1, 0.15) is 0 Å². The molecule has 9 heteroatoms. The van der Waals surface area contributed by atoms with Gasteiger partial charge in [-0.25, -0.2) is 0 Å². The highest BCUT2D eigenvalue weighted by molar-refractivity contribution is 7.18. The predicted molar refractivity (Wildman–Crippen MR) is 105 cm³/mol. The Hall–Kier alpha value is -1.87. The van der Waals surface area contributed by atoms with Gasteiger partial charge in [0.15, 0.2) is 5.76 Å². The van der Waals surface area contributed by atoms with Crippen LogP contribution >= 0.6 is 23.7 Å². The fraction of sp³-hybridized carbons (Fsp3) is 0.412. The summed E-state index contributed by atoms with van der Waals surface area (Å²) < 4.78 is 5.07. The summed E-state index contributed by atoms with van der Waals surface area (Å²) in [4.78, 5) is 27.3. The summed E-state index contributed by atoms with van der Waals surface area (Å²) in [5.41, 5.74) is 0.847. The summed E-state index contributed by atoms with van der Waals surface area (Å²) in [6.45, 7) is 7.34. The van der Waals surface area contributed by atoms with Crippen LogP contribution in [0.3, 0.4) is 0 Å². The zero-order chi connectivity index (χ0) is 17.6. The van der Waals surface area contributed by atoms with Crippen molar-refractivity contribution in [1.82, 2.24) is 15.5 Å². The number of halogens is 1. The molecule has 1 saturated heterocycles. The first-order chi connectivity index (χ1) is 12.1. The number of hydrogen-bond acceptors (Lipinski definition) is 6. The number of nitrogens with one attached hydrogen (secondary N) is 3. The van der Waals surface area contributed by atoms with Crippen molar-refractivity contribution in [2.24, 2.45) is 0 Å². The predicted octanol–water partition coefficient (Wildman–Crippen LogP) is 1.96. The van der Waals surface area contributed by atoms with Gasteiger partial charge in [-0.1, -0.05) is 0 Å². The highest BCUT2D eigenvalue weighted by Crippen LogP contribution is 2.27. The maximum atomic E-state index is 12.4. The van der Waals surface area contributed by atoms with E-state index < -0.39 is 0 Å². The van der Waals surface area contributed by atoms with Crippen molar-refractivity contribution in [3.63, 3.8) is 0 Å². The first kappa shape index (κ1) is 20.4. The van der Waals surface area contributed by atoms with Gasteiger partial charge in [0.25, 0.3) is 11.8 Å². The molecule has 0 radical (unpaired) electrons. The Morgan fingerprint density at radius 1 is 1.31 bits per heavy atom. The van der Waals surface area contributed by atoms with Crippen molar-refractivity contribution < 1.29 is 14.0 Å². The second-order valence-corrected chi connectivity index (χ2v) is 6.95. The lowest BCUT2D eigenvalue weighted by molar-refractivity contribution is 0.0949. The van der Waals surface area contributed by atoms with Crippen molar-refractivity contribution in [3.8, 4) is 0 Å². The molecule has 1 aliphatic heterocycles. The number of aryl methyl sites for hydroxylation is 1. The van der Waals surface area contributed by atoms with Crippen LogP contribution in [0.25, 0.3) is 0 Å². The second kappa shape index (κ2) is 9.72. The molecule has 0 aromatic carbocycles. The van der Waals surface area contributed by atoms with Gasteiger partial charge in [0.2, 0.25) is 0 Å². The summed E-state index contributed by atoms with van der Waals surface area (Å²) in [6, 6.07) is 5.06. The van der Waals surface area contributed by atoms with Gasteiger partial charge >= 0.3 is 0 Å². The molecule has 0 atom stereocenters. The Kier molecular flexibility index (Phi) is 7.65. The van der Waals surface area contributed by atoms with Crippen LogP contribution in [0.15, 0.2) is 28.9 Å². The van der Waals surface area contributed by atoms with E-state index in [1.807, 2.05) is 6.92 Å². The first-order valence-corrected chi connectivity index (χ1v) is 9.11. The van der Waals surface area contributed by atoms with E-state index in [9.17, 15) is 9.59 Å². The lowest BCUT2D eigenvalue weighted by Gasteiger charge is -2.27. The van der Waals surface area contributed by atoms with Gasteiger partial charge in [-0.2, -0.15) is 0 Å². The maximum absolute atomic E-state index is 12.4. The standard InChI is InChI=1S/C17H22N4O3S.ClH/c1-12-11-14(20-16(22)13-3-2-10-24-13)25-15(12)17(23)19-6-9-21-7-4-18-5-8-21;/h2-3,10-11,18H,4-9H2,1H3,(H,19,23)(H,20,22);1H. The molecule has 26 heavy (non-hydrogen) atoms. The number of carbonyl (C=O) groups is 2. The molecule has 2 aromatic rings. The number of amides is 2. The fourth-order valence-electron chi connectivity index (χ4n) is 2.69. The minimum atomic E-state index is -0.322. The smallest absolute Gasteiger partial charge is 0.291 e. The van der Waals surface area contributed by atoms with E-state index in [1.54, 1.807) is 18.2 Å². The van der Waals surface area contributed by atoms with Crippen LogP contribution in [0, 0.1) is 6.92 Å². The topological polar surface area (TPSA) is 86.6 Å². The lowest BCUT2D eigenvalue weighted by atomic mass is 10.2. The van der Waals surface area contributed by atoms with E-state index >= 15 is 0 Å². The van der Waals surface area contributed by atoms with E-state index in [0.717, 1.165) is 38.3 Å². The molecule has 2 amide bonds. The number of rotatable bonds is 6. The molecular weight excluding hydrogens is 376 g/mol. The lowest BCUT2D eigenvalue weighted by Crippen LogP contribution is -2.46. The van der Waals surface area contributed by atoms with E-state index in [2.05, 4.69) is 20.9 Å². The van der Waals surface area contributed by atoms with Gasteiger partial charge in [0.05, 0.1) is 16.1 Å². The average Bonchev–Trinajstić information content (AvgIpc) is 3.25. The van der Waals surface area contributed by atoms with E-state index in [4.69, 9.17) is 4.42 Å². The van der Waals surface area contributed by atoms with Crippen LogP contribution in [-0.2, 0) is 0 Å². The summed E-state index contributed by atoms with van der Waals surface area (Å²) in [6.07, 6.45) is 1.45. The molecule has 3 N–H and O–H groups in total. The third-order valence-corrected chi connectivity index (χ3v) is 5.18. The van der Waals surface area contributed by atoms with Crippen molar-refractivity contribution >= 4 is 40.6 Å². The van der Waals surface area contributed by atoms with Gasteiger partial charge in [-0.3, -0.25) is 14.5 Å². The molecule has 2 aromatic heterocycles. The summed E-state index contributed by atoms with van der Waals surface area (Å²) in [5, 5.41) is 9.66. The van der Waals surface area contributed by atoms with Crippen LogP contribution < -0.4 is 16.0 Å². The van der Waals surface area contributed by atoms with Crippen LogP contribution in [0.4, 0.5) is 5.00 Å². The van der Waals surface area contributed by atoms with Crippen LogP contribution in [0.2, 0.25) is 0 Å². The molecule has 3 rings (SSSR count). The molecule has 0 bridgehead atoms. The molecule has 1 fully saturated rings. The van der Waals surface area contributed by atoms with Crippen LogP contribution in [0.5, 0.6) is 0 Å². The Morgan fingerprint density at radius 3 is 2.77 bits per heavy atom. The number of anilines is 1. The molecule has 142 valence electrons. The zero-order valence-corrected chi connectivity index (χ0v) is 16.2. The van der Waals surface area contributed by atoms with Crippen molar-refractivity contribution in [1.29, 1.82) is 0 Å². The van der Waals surface area contributed by atoms with E-state index in [1.165, 1.54) is 17.6 Å². The minimum Gasteiger partial charge on any atom is -0.459 e. The Balaban J connectivity index is 0.00000243. The van der Waals surface area contributed by atoms with E-state index in [-0.39, 0.29) is 30.0 Å². The second-order valence-electron chi connectivity index (χ2n) is 5.90. The number of piperazine rings is 1. The normalized spacial score (nSPS) is 14.5. The third-order valence-electron chi connectivity index (χ3n) is 4.03. The molecule has 0 saturated carbocycles. The van der Waals surface area contributed by atoms with Crippen molar-refractivity contribution in [2.45, 2.75) is 6.92 Å². The monoisotopic (exact) mass is 398 g/mol. The highest BCUT2D eigenvalue weighted by Gasteiger charge is 2.17. The molecule has 1 aliphatic rings. The van der Waals surface area contributed by atoms with Crippen LogP contribution in [-0.4, -0.2) is 56.0 Å². The molecular formula is C17H23ClN4O3S. The highest BCUT2D eigenvalue weighted by atomic mass is 35.5. The van der Waals surface area contributed by atoms with Gasteiger partial charge in [-0.05, 0) is 30.7 Å². The van der Waals surface area contributed by atoms with Gasteiger partial charge in [-0.15, -0.1) is 23.7 Å². The molecule has 7 nitrogen and oxygen atoms in total. The number of nitrogens with zero attached hydrogens (tertiary/aromatic N) is 1. The number of thiophene rings is 1. The Labute approximate surface area is 162 Å². The van der Waals surface area contributed by atoms with E-state index in [0.29, 0.717) is 16.4 Å². The summed E-state index contributed by atoms with van der Waals surface area (Å²) in [7, 11) is 0. The molecule has 0 aliphatic carbocycles. The van der Waals surface area contributed by atoms with Gasteiger partial charge in [0, 0.05) is 39.3 Å². The molecule has 3 heterocycles. The Bertz CT molecular complexity index is 726.